The lowest BCUT2D eigenvalue weighted by Crippen LogP contribution is -2.10. The maximum atomic E-state index is 11.0. The van der Waals surface area contributed by atoms with Gasteiger partial charge in [-0.3, -0.25) is 9.89 Å². The molecule has 0 fully saturated rings. The average molecular weight is 252 g/mol. The molecule has 2 aromatic rings. The molecule has 0 aliphatic carbocycles. The van der Waals surface area contributed by atoms with Gasteiger partial charge in [-0.25, -0.2) is 0 Å². The van der Waals surface area contributed by atoms with Crippen molar-refractivity contribution in [2.45, 2.75) is 0 Å². The summed E-state index contributed by atoms with van der Waals surface area (Å²) in [4.78, 5) is 11.0. The minimum Gasteiger partial charge on any atom is -0.496 e. The summed E-state index contributed by atoms with van der Waals surface area (Å²) in [5, 5.41) is 7.10. The van der Waals surface area contributed by atoms with Crippen LogP contribution < -0.4 is 10.5 Å². The van der Waals surface area contributed by atoms with Crippen molar-refractivity contribution in [1.82, 2.24) is 10.2 Å². The first-order valence-corrected chi connectivity index (χ1v) is 5.18. The molecule has 1 amide bonds. The van der Waals surface area contributed by atoms with Crippen LogP contribution in [0, 0.1) is 0 Å². The largest absolute Gasteiger partial charge is 0.496 e. The molecule has 0 saturated heterocycles. The zero-order valence-corrected chi connectivity index (χ0v) is 9.78. The molecule has 0 spiro atoms. The molecule has 0 aliphatic heterocycles. The fourth-order valence-corrected chi connectivity index (χ4v) is 1.64. The van der Waals surface area contributed by atoms with Gasteiger partial charge in [-0.15, -0.1) is 0 Å². The number of amides is 1. The van der Waals surface area contributed by atoms with Crippen LogP contribution in [0.25, 0.3) is 11.3 Å². The molecule has 0 atom stereocenters. The standard InChI is InChI=1S/C11H10ClN3O2/c1-17-10-3-2-6(12)4-7(10)8-5-9(11(13)16)15-14-8/h2-5H,1H3,(H2,13,16)(H,14,15). The molecule has 0 unspecified atom stereocenters. The number of carbonyl (C=O) groups is 1. The van der Waals surface area contributed by atoms with Crippen LogP contribution in [0.1, 0.15) is 10.5 Å². The third-order valence-electron chi connectivity index (χ3n) is 2.28. The van der Waals surface area contributed by atoms with E-state index >= 15 is 0 Å². The Bertz CT molecular complexity index is 566. The predicted octanol–water partition coefficient (Wildman–Crippen LogP) is 1.84. The van der Waals surface area contributed by atoms with Crippen LogP contribution in [0.15, 0.2) is 24.3 Å². The summed E-state index contributed by atoms with van der Waals surface area (Å²) in [6.07, 6.45) is 0. The van der Waals surface area contributed by atoms with E-state index in [2.05, 4.69) is 10.2 Å². The summed E-state index contributed by atoms with van der Waals surface area (Å²) in [6.45, 7) is 0. The van der Waals surface area contributed by atoms with Crippen LogP contribution in [-0.2, 0) is 0 Å². The van der Waals surface area contributed by atoms with Gasteiger partial charge in [-0.2, -0.15) is 5.10 Å². The number of hydrogen-bond donors (Lipinski definition) is 2. The Morgan fingerprint density at radius 1 is 1.47 bits per heavy atom. The Labute approximate surface area is 103 Å². The molecule has 0 radical (unpaired) electrons. The van der Waals surface area contributed by atoms with Gasteiger partial charge in [0.15, 0.2) is 0 Å². The highest BCUT2D eigenvalue weighted by Gasteiger charge is 2.12. The van der Waals surface area contributed by atoms with Crippen molar-refractivity contribution in [3.8, 4) is 17.0 Å². The summed E-state index contributed by atoms with van der Waals surface area (Å²) < 4.78 is 5.20. The van der Waals surface area contributed by atoms with Crippen molar-refractivity contribution in [3.63, 3.8) is 0 Å². The van der Waals surface area contributed by atoms with E-state index < -0.39 is 5.91 Å². The van der Waals surface area contributed by atoms with Gasteiger partial charge in [-0.05, 0) is 24.3 Å². The molecule has 88 valence electrons. The van der Waals surface area contributed by atoms with Gasteiger partial charge in [0, 0.05) is 10.6 Å². The number of H-pyrrole nitrogens is 1. The Kier molecular flexibility index (Phi) is 3.01. The van der Waals surface area contributed by atoms with Crippen molar-refractivity contribution >= 4 is 17.5 Å². The molecular formula is C11H10ClN3O2. The topological polar surface area (TPSA) is 81.0 Å². The van der Waals surface area contributed by atoms with E-state index in [1.807, 2.05) is 0 Å². The van der Waals surface area contributed by atoms with Crippen LogP contribution in [0.2, 0.25) is 5.02 Å². The number of nitrogens with two attached hydrogens (primary N) is 1. The van der Waals surface area contributed by atoms with E-state index in [1.165, 1.54) is 0 Å². The van der Waals surface area contributed by atoms with Crippen molar-refractivity contribution in [2.24, 2.45) is 5.73 Å². The summed E-state index contributed by atoms with van der Waals surface area (Å²) in [5.41, 5.74) is 6.63. The van der Waals surface area contributed by atoms with E-state index in [-0.39, 0.29) is 5.69 Å². The van der Waals surface area contributed by atoms with E-state index in [4.69, 9.17) is 22.1 Å². The summed E-state index contributed by atoms with van der Waals surface area (Å²) in [6, 6.07) is 6.71. The molecule has 17 heavy (non-hydrogen) atoms. The van der Waals surface area contributed by atoms with Crippen LogP contribution in [0.5, 0.6) is 5.75 Å². The average Bonchev–Trinajstić information content (AvgIpc) is 2.78. The molecule has 3 N–H and O–H groups in total. The number of hydrogen-bond acceptors (Lipinski definition) is 3. The second kappa shape index (κ2) is 4.47. The number of aromatic nitrogens is 2. The van der Waals surface area contributed by atoms with Crippen LogP contribution in [0.3, 0.4) is 0 Å². The number of aromatic amines is 1. The number of methoxy groups -OCH3 is 1. The van der Waals surface area contributed by atoms with E-state index in [0.29, 0.717) is 22.0 Å². The number of nitrogens with one attached hydrogen (secondary N) is 1. The number of ether oxygens (including phenoxy) is 1. The maximum Gasteiger partial charge on any atom is 0.266 e. The number of primary amides is 1. The predicted molar refractivity (Wildman–Crippen MR) is 64.1 cm³/mol. The lowest BCUT2D eigenvalue weighted by Gasteiger charge is -2.05. The Balaban J connectivity index is 2.51. The van der Waals surface area contributed by atoms with E-state index in [1.54, 1.807) is 31.4 Å². The molecule has 1 aromatic heterocycles. The van der Waals surface area contributed by atoms with Crippen molar-refractivity contribution in [2.75, 3.05) is 7.11 Å². The molecule has 1 heterocycles. The van der Waals surface area contributed by atoms with Gasteiger partial charge in [0.1, 0.15) is 11.4 Å². The highest BCUT2D eigenvalue weighted by molar-refractivity contribution is 6.31. The van der Waals surface area contributed by atoms with Crippen molar-refractivity contribution in [1.29, 1.82) is 0 Å². The fraction of sp³-hybridized carbons (Fsp3) is 0.0909. The van der Waals surface area contributed by atoms with Crippen LogP contribution >= 0.6 is 11.6 Å². The van der Waals surface area contributed by atoms with Crippen LogP contribution in [-0.4, -0.2) is 23.2 Å². The highest BCUT2D eigenvalue weighted by Crippen LogP contribution is 2.31. The fourth-order valence-electron chi connectivity index (χ4n) is 1.47. The number of benzene rings is 1. The summed E-state index contributed by atoms with van der Waals surface area (Å²) in [5.74, 6) is 0.0571. The third-order valence-corrected chi connectivity index (χ3v) is 2.52. The number of carbonyl (C=O) groups excluding carboxylic acids is 1. The number of halogens is 1. The Morgan fingerprint density at radius 2 is 2.24 bits per heavy atom. The molecule has 0 aliphatic rings. The number of rotatable bonds is 3. The minimum absolute atomic E-state index is 0.238. The van der Waals surface area contributed by atoms with E-state index in [0.717, 1.165) is 0 Å². The van der Waals surface area contributed by atoms with E-state index in [9.17, 15) is 4.79 Å². The van der Waals surface area contributed by atoms with Crippen LogP contribution in [0.4, 0.5) is 0 Å². The number of nitrogens with zero attached hydrogens (tertiary/aromatic N) is 1. The molecule has 0 saturated carbocycles. The molecule has 1 aromatic carbocycles. The van der Waals surface area contributed by atoms with Gasteiger partial charge in [0.2, 0.25) is 0 Å². The third kappa shape index (κ3) is 2.24. The zero-order chi connectivity index (χ0) is 12.4. The molecule has 0 bridgehead atoms. The van der Waals surface area contributed by atoms with Gasteiger partial charge < -0.3 is 10.5 Å². The second-order valence-corrected chi connectivity index (χ2v) is 3.81. The quantitative estimate of drug-likeness (QED) is 0.873. The first-order valence-electron chi connectivity index (χ1n) is 4.81. The highest BCUT2D eigenvalue weighted by atomic mass is 35.5. The molecule has 6 heteroatoms. The zero-order valence-electron chi connectivity index (χ0n) is 9.03. The summed E-state index contributed by atoms with van der Waals surface area (Å²) in [7, 11) is 1.55. The van der Waals surface area contributed by atoms with Gasteiger partial charge >= 0.3 is 0 Å². The Morgan fingerprint density at radius 3 is 2.82 bits per heavy atom. The normalized spacial score (nSPS) is 10.2. The minimum atomic E-state index is -0.565. The molecule has 2 rings (SSSR count). The Hall–Kier alpha value is -2.01. The summed E-state index contributed by atoms with van der Waals surface area (Å²) >= 11 is 5.91. The lowest BCUT2D eigenvalue weighted by atomic mass is 10.1. The van der Waals surface area contributed by atoms with Gasteiger partial charge in [0.05, 0.1) is 12.8 Å². The monoisotopic (exact) mass is 251 g/mol. The maximum absolute atomic E-state index is 11.0. The molecule has 5 nitrogen and oxygen atoms in total. The van der Waals surface area contributed by atoms with Crippen molar-refractivity contribution in [3.05, 3.63) is 35.0 Å². The molecular weight excluding hydrogens is 242 g/mol. The first-order chi connectivity index (χ1) is 8.11. The smallest absolute Gasteiger partial charge is 0.266 e. The first kappa shape index (κ1) is 11.5. The SMILES string of the molecule is COc1ccc(Cl)cc1-c1cc(C(N)=O)[nH]n1. The van der Waals surface area contributed by atoms with Gasteiger partial charge in [0.25, 0.3) is 5.91 Å². The second-order valence-electron chi connectivity index (χ2n) is 3.38. The van der Waals surface area contributed by atoms with Crippen molar-refractivity contribution < 1.29 is 9.53 Å². The van der Waals surface area contributed by atoms with Gasteiger partial charge in [-0.1, -0.05) is 11.6 Å². The lowest BCUT2D eigenvalue weighted by molar-refractivity contribution is 0.0995.